The van der Waals surface area contributed by atoms with Gasteiger partial charge in [-0.1, -0.05) is 12.1 Å². The van der Waals surface area contributed by atoms with Gasteiger partial charge in [-0.3, -0.25) is 19.4 Å². The molecule has 1 unspecified atom stereocenters. The van der Waals surface area contributed by atoms with Crippen molar-refractivity contribution in [3.63, 3.8) is 0 Å². The van der Waals surface area contributed by atoms with Crippen molar-refractivity contribution in [3.05, 3.63) is 41.1 Å². The van der Waals surface area contributed by atoms with Gasteiger partial charge in [0.2, 0.25) is 5.91 Å². The number of likely N-dealkylation sites (N-methyl/N-ethyl adjacent to an activating group) is 1. The number of hydrogen-bond donors (Lipinski definition) is 0. The summed E-state index contributed by atoms with van der Waals surface area (Å²) in [5, 5.41) is 0.891. The molecule has 2 aromatic rings. The Labute approximate surface area is 177 Å². The molecular weight excluding hydrogens is 382 g/mol. The fourth-order valence-electron chi connectivity index (χ4n) is 3.83. The van der Waals surface area contributed by atoms with Crippen LogP contribution >= 0.6 is 0 Å². The van der Waals surface area contributed by atoms with Crippen molar-refractivity contribution in [2.75, 3.05) is 33.3 Å². The molecule has 1 fully saturated rings. The number of aryl methyl sites for hydroxylation is 2. The van der Waals surface area contributed by atoms with Gasteiger partial charge < -0.3 is 14.5 Å². The third-order valence-corrected chi connectivity index (χ3v) is 5.51. The molecule has 7 nitrogen and oxygen atoms in total. The Bertz CT molecular complexity index is 972. The first-order valence-corrected chi connectivity index (χ1v) is 10.4. The number of aromatic nitrogens is 1. The lowest BCUT2D eigenvalue weighted by atomic mass is 9.98. The molecular formula is C23H29N3O4. The number of carbonyl (C=O) groups is 3. The number of pyridine rings is 1. The summed E-state index contributed by atoms with van der Waals surface area (Å²) in [7, 11) is 1.62. The van der Waals surface area contributed by atoms with Crippen LogP contribution in [0.2, 0.25) is 0 Å². The highest BCUT2D eigenvalue weighted by molar-refractivity contribution is 6.00. The number of nitrogens with zero attached hydrogens (tertiary/aromatic N) is 3. The number of fused-ring (bicyclic) bond motifs is 1. The molecule has 2 heterocycles. The summed E-state index contributed by atoms with van der Waals surface area (Å²) in [5.74, 6) is -0.955. The van der Waals surface area contributed by atoms with Gasteiger partial charge in [-0.2, -0.15) is 0 Å². The number of rotatable bonds is 5. The van der Waals surface area contributed by atoms with Gasteiger partial charge in [0.15, 0.2) is 0 Å². The lowest BCUT2D eigenvalue weighted by molar-refractivity contribution is -0.151. The number of hydrogen-bond acceptors (Lipinski definition) is 5. The van der Waals surface area contributed by atoms with Crippen LogP contribution in [0.5, 0.6) is 0 Å². The minimum atomic E-state index is -0.293. The smallest absolute Gasteiger partial charge is 0.310 e. The summed E-state index contributed by atoms with van der Waals surface area (Å²) < 4.78 is 5.09. The monoisotopic (exact) mass is 411 g/mol. The third kappa shape index (κ3) is 4.78. The quantitative estimate of drug-likeness (QED) is 0.707. The van der Waals surface area contributed by atoms with Crippen molar-refractivity contribution < 1.29 is 19.1 Å². The highest BCUT2D eigenvalue weighted by atomic mass is 16.5. The number of ether oxygens (including phenoxy) is 1. The highest BCUT2D eigenvalue weighted by Gasteiger charge is 2.30. The van der Waals surface area contributed by atoms with E-state index in [9.17, 15) is 14.4 Å². The van der Waals surface area contributed by atoms with E-state index in [4.69, 9.17) is 4.74 Å². The zero-order valence-corrected chi connectivity index (χ0v) is 18.1. The van der Waals surface area contributed by atoms with Crippen LogP contribution in [-0.4, -0.2) is 65.9 Å². The van der Waals surface area contributed by atoms with Gasteiger partial charge in [-0.05, 0) is 51.3 Å². The standard InChI is InChI=1S/C23H29N3O4/c1-5-30-23(29)18-7-6-10-26(13-18)21(27)14-25(4)22(28)19-12-17-9-8-15(2)11-20(17)24-16(19)3/h8-9,11-12,18H,5-7,10,13-14H2,1-4H3. The van der Waals surface area contributed by atoms with Crippen LogP contribution in [0.3, 0.4) is 0 Å². The molecule has 30 heavy (non-hydrogen) atoms. The summed E-state index contributed by atoms with van der Waals surface area (Å²) in [6.07, 6.45) is 1.47. The number of likely N-dealkylation sites (tertiary alicyclic amines) is 1. The molecule has 1 atom stereocenters. The van der Waals surface area contributed by atoms with Crippen LogP contribution < -0.4 is 0 Å². The number of carbonyl (C=O) groups excluding carboxylic acids is 3. The molecule has 0 aliphatic carbocycles. The van der Waals surface area contributed by atoms with Crippen LogP contribution in [0.15, 0.2) is 24.3 Å². The van der Waals surface area contributed by atoms with E-state index >= 15 is 0 Å². The maximum absolute atomic E-state index is 13.0. The Hall–Kier alpha value is -2.96. The first kappa shape index (κ1) is 21.7. The van der Waals surface area contributed by atoms with Gasteiger partial charge in [0, 0.05) is 25.5 Å². The van der Waals surface area contributed by atoms with Crippen molar-refractivity contribution in [1.29, 1.82) is 0 Å². The largest absolute Gasteiger partial charge is 0.466 e. The second-order valence-corrected chi connectivity index (χ2v) is 7.91. The predicted octanol–water partition coefficient (Wildman–Crippen LogP) is 2.73. The molecule has 1 saturated heterocycles. The molecule has 3 rings (SSSR count). The molecule has 2 amide bonds. The Kier molecular flexibility index (Phi) is 6.70. The van der Waals surface area contributed by atoms with Gasteiger partial charge in [0.25, 0.3) is 5.91 Å². The lowest BCUT2D eigenvalue weighted by Crippen LogP contribution is -2.47. The maximum atomic E-state index is 13.0. The molecule has 0 spiro atoms. The average Bonchev–Trinajstić information content (AvgIpc) is 2.72. The maximum Gasteiger partial charge on any atom is 0.310 e. The third-order valence-electron chi connectivity index (χ3n) is 5.51. The first-order valence-electron chi connectivity index (χ1n) is 10.4. The van der Waals surface area contributed by atoms with E-state index in [1.165, 1.54) is 4.90 Å². The van der Waals surface area contributed by atoms with Crippen LogP contribution in [0, 0.1) is 19.8 Å². The fourth-order valence-corrected chi connectivity index (χ4v) is 3.83. The topological polar surface area (TPSA) is 79.8 Å². The minimum Gasteiger partial charge on any atom is -0.466 e. The van der Waals surface area contributed by atoms with E-state index in [1.807, 2.05) is 31.2 Å². The predicted molar refractivity (Wildman–Crippen MR) is 114 cm³/mol. The van der Waals surface area contributed by atoms with Crippen LogP contribution in [0.4, 0.5) is 0 Å². The molecule has 1 aliphatic rings. The van der Waals surface area contributed by atoms with E-state index in [1.54, 1.807) is 25.8 Å². The van der Waals surface area contributed by atoms with Crippen molar-refractivity contribution in [3.8, 4) is 0 Å². The average molecular weight is 412 g/mol. The van der Waals surface area contributed by atoms with Crippen molar-refractivity contribution in [1.82, 2.24) is 14.8 Å². The Morgan fingerprint density at radius 2 is 2.00 bits per heavy atom. The molecule has 0 N–H and O–H groups in total. The lowest BCUT2D eigenvalue weighted by Gasteiger charge is -2.32. The zero-order chi connectivity index (χ0) is 21.8. The molecule has 160 valence electrons. The second-order valence-electron chi connectivity index (χ2n) is 7.91. The number of esters is 1. The van der Waals surface area contributed by atoms with Crippen molar-refractivity contribution in [2.24, 2.45) is 5.92 Å². The molecule has 1 aliphatic heterocycles. The SMILES string of the molecule is CCOC(=O)C1CCCN(C(=O)CN(C)C(=O)c2cc3ccc(C)cc3nc2C)C1. The summed E-state index contributed by atoms with van der Waals surface area (Å²) in [4.78, 5) is 45.4. The van der Waals surface area contributed by atoms with Gasteiger partial charge >= 0.3 is 5.97 Å². The number of piperidine rings is 1. The minimum absolute atomic E-state index is 0.0419. The molecule has 0 saturated carbocycles. The van der Waals surface area contributed by atoms with E-state index < -0.39 is 0 Å². The fraction of sp³-hybridized carbons (Fsp3) is 0.478. The Morgan fingerprint density at radius 1 is 1.23 bits per heavy atom. The van der Waals surface area contributed by atoms with Crippen molar-refractivity contribution in [2.45, 2.75) is 33.6 Å². The first-order chi connectivity index (χ1) is 14.3. The molecule has 7 heteroatoms. The second kappa shape index (κ2) is 9.24. The summed E-state index contributed by atoms with van der Waals surface area (Å²) in [6.45, 7) is 6.80. The Morgan fingerprint density at radius 3 is 2.73 bits per heavy atom. The van der Waals surface area contributed by atoms with E-state index in [2.05, 4.69) is 4.98 Å². The molecule has 0 bridgehead atoms. The van der Waals surface area contributed by atoms with Crippen LogP contribution in [0.25, 0.3) is 10.9 Å². The van der Waals surface area contributed by atoms with Crippen LogP contribution in [-0.2, 0) is 14.3 Å². The molecule has 1 aromatic carbocycles. The zero-order valence-electron chi connectivity index (χ0n) is 18.1. The summed E-state index contributed by atoms with van der Waals surface area (Å²) in [6, 6.07) is 7.75. The van der Waals surface area contributed by atoms with Crippen LogP contribution in [0.1, 0.15) is 41.4 Å². The van der Waals surface area contributed by atoms with E-state index in [0.717, 1.165) is 29.3 Å². The van der Waals surface area contributed by atoms with Gasteiger partial charge in [-0.25, -0.2) is 0 Å². The Balaban J connectivity index is 1.68. The van der Waals surface area contributed by atoms with E-state index in [-0.39, 0.29) is 30.2 Å². The summed E-state index contributed by atoms with van der Waals surface area (Å²) >= 11 is 0. The van der Waals surface area contributed by atoms with E-state index in [0.29, 0.717) is 31.0 Å². The number of amides is 2. The highest BCUT2D eigenvalue weighted by Crippen LogP contribution is 2.20. The molecule has 0 radical (unpaired) electrons. The normalized spacial score (nSPS) is 16.4. The van der Waals surface area contributed by atoms with Gasteiger partial charge in [0.05, 0.1) is 35.8 Å². The number of benzene rings is 1. The molecule has 1 aromatic heterocycles. The summed E-state index contributed by atoms with van der Waals surface area (Å²) in [5.41, 5.74) is 3.09. The van der Waals surface area contributed by atoms with Gasteiger partial charge in [-0.15, -0.1) is 0 Å². The van der Waals surface area contributed by atoms with Gasteiger partial charge in [0.1, 0.15) is 0 Å². The van der Waals surface area contributed by atoms with Crippen molar-refractivity contribution >= 4 is 28.7 Å².